The van der Waals surface area contributed by atoms with Crippen LogP contribution in [0.15, 0.2) is 30.3 Å². The zero-order valence-electron chi connectivity index (χ0n) is 11.2. The molecule has 0 amide bonds. The number of hydrogen-bond acceptors (Lipinski definition) is 2. The SMILES string of the molecule is Cc1cc(OCCCCCCl)c2ccccc2c1O. The number of unbranched alkanes of at least 4 members (excludes halogenated alkanes) is 2. The Morgan fingerprint density at radius 1 is 1.11 bits per heavy atom. The summed E-state index contributed by atoms with van der Waals surface area (Å²) in [5.41, 5.74) is 0.842. The van der Waals surface area contributed by atoms with Crippen molar-refractivity contribution in [2.75, 3.05) is 12.5 Å². The number of phenols is 1. The third-order valence-electron chi connectivity index (χ3n) is 3.20. The molecule has 2 nitrogen and oxygen atoms in total. The van der Waals surface area contributed by atoms with Gasteiger partial charge in [0, 0.05) is 16.7 Å². The standard InChI is InChI=1S/C16H19ClO2/c1-12-11-15(19-10-6-2-5-9-17)13-7-3-4-8-14(13)16(12)18/h3-4,7-8,11,18H,2,5-6,9-10H2,1H3. The number of phenolic OH excluding ortho intramolecular Hbond substituents is 1. The molecule has 2 aromatic carbocycles. The van der Waals surface area contributed by atoms with Gasteiger partial charge in [-0.3, -0.25) is 0 Å². The lowest BCUT2D eigenvalue weighted by atomic mass is 10.1. The van der Waals surface area contributed by atoms with Crippen molar-refractivity contribution in [2.45, 2.75) is 26.2 Å². The van der Waals surface area contributed by atoms with Crippen LogP contribution >= 0.6 is 11.6 Å². The first kappa shape index (κ1) is 14.0. The second kappa shape index (κ2) is 6.67. The monoisotopic (exact) mass is 278 g/mol. The van der Waals surface area contributed by atoms with E-state index in [-0.39, 0.29) is 0 Å². The maximum Gasteiger partial charge on any atom is 0.127 e. The summed E-state index contributed by atoms with van der Waals surface area (Å²) in [6.07, 6.45) is 3.11. The van der Waals surface area contributed by atoms with Crippen LogP contribution in [0.25, 0.3) is 10.8 Å². The number of benzene rings is 2. The zero-order valence-corrected chi connectivity index (χ0v) is 11.9. The predicted molar refractivity (Wildman–Crippen MR) is 80.4 cm³/mol. The third kappa shape index (κ3) is 3.32. The van der Waals surface area contributed by atoms with Crippen molar-refractivity contribution >= 4 is 22.4 Å². The van der Waals surface area contributed by atoms with Crippen molar-refractivity contribution < 1.29 is 9.84 Å². The summed E-state index contributed by atoms with van der Waals surface area (Å²) in [4.78, 5) is 0. The molecular weight excluding hydrogens is 260 g/mol. The topological polar surface area (TPSA) is 29.5 Å². The van der Waals surface area contributed by atoms with Gasteiger partial charge in [0.2, 0.25) is 0 Å². The largest absolute Gasteiger partial charge is 0.507 e. The van der Waals surface area contributed by atoms with Crippen LogP contribution in [0.3, 0.4) is 0 Å². The molecule has 0 heterocycles. The Balaban J connectivity index is 2.16. The van der Waals surface area contributed by atoms with Gasteiger partial charge in [-0.05, 0) is 37.8 Å². The highest BCUT2D eigenvalue weighted by Crippen LogP contribution is 2.35. The molecule has 0 aliphatic carbocycles. The van der Waals surface area contributed by atoms with Crippen LogP contribution in [0.5, 0.6) is 11.5 Å². The number of aryl methyl sites for hydroxylation is 1. The molecule has 0 spiro atoms. The van der Waals surface area contributed by atoms with Crippen LogP contribution in [0.1, 0.15) is 24.8 Å². The zero-order chi connectivity index (χ0) is 13.7. The minimum atomic E-state index is 0.338. The fourth-order valence-corrected chi connectivity index (χ4v) is 2.32. The first-order chi connectivity index (χ1) is 9.24. The van der Waals surface area contributed by atoms with Gasteiger partial charge < -0.3 is 9.84 Å². The summed E-state index contributed by atoms with van der Waals surface area (Å²) in [6, 6.07) is 9.67. The van der Waals surface area contributed by atoms with E-state index in [1.165, 1.54) is 0 Å². The van der Waals surface area contributed by atoms with E-state index in [2.05, 4.69) is 0 Å². The van der Waals surface area contributed by atoms with Gasteiger partial charge in [-0.15, -0.1) is 11.6 Å². The molecule has 0 unspecified atom stereocenters. The van der Waals surface area contributed by atoms with Crippen molar-refractivity contribution in [2.24, 2.45) is 0 Å². The number of hydrogen-bond donors (Lipinski definition) is 1. The Morgan fingerprint density at radius 2 is 1.84 bits per heavy atom. The summed E-state index contributed by atoms with van der Waals surface area (Å²) < 4.78 is 5.85. The van der Waals surface area contributed by atoms with Crippen molar-refractivity contribution in [3.8, 4) is 11.5 Å². The number of rotatable bonds is 6. The fraction of sp³-hybridized carbons (Fsp3) is 0.375. The van der Waals surface area contributed by atoms with Crippen molar-refractivity contribution in [1.29, 1.82) is 0 Å². The van der Waals surface area contributed by atoms with Gasteiger partial charge >= 0.3 is 0 Å². The molecule has 0 bridgehead atoms. The van der Waals surface area contributed by atoms with Gasteiger partial charge in [-0.25, -0.2) is 0 Å². The lowest BCUT2D eigenvalue weighted by Crippen LogP contribution is -1.98. The molecule has 2 aromatic rings. The number of aromatic hydroxyl groups is 1. The molecule has 0 saturated heterocycles. The molecule has 102 valence electrons. The first-order valence-electron chi connectivity index (χ1n) is 6.64. The fourth-order valence-electron chi connectivity index (χ4n) is 2.13. The number of ether oxygens (including phenoxy) is 1. The maximum atomic E-state index is 10.1. The highest BCUT2D eigenvalue weighted by atomic mass is 35.5. The third-order valence-corrected chi connectivity index (χ3v) is 3.47. The van der Waals surface area contributed by atoms with Crippen LogP contribution < -0.4 is 4.74 Å². The van der Waals surface area contributed by atoms with Crippen LogP contribution in [-0.2, 0) is 0 Å². The molecule has 0 fully saturated rings. The molecule has 2 rings (SSSR count). The van der Waals surface area contributed by atoms with E-state index in [0.29, 0.717) is 18.2 Å². The minimum absolute atomic E-state index is 0.338. The minimum Gasteiger partial charge on any atom is -0.507 e. The van der Waals surface area contributed by atoms with Gasteiger partial charge in [0.25, 0.3) is 0 Å². The summed E-state index contributed by atoms with van der Waals surface area (Å²) in [7, 11) is 0. The Morgan fingerprint density at radius 3 is 2.58 bits per heavy atom. The smallest absolute Gasteiger partial charge is 0.127 e. The van der Waals surface area contributed by atoms with Gasteiger partial charge in [-0.2, -0.15) is 0 Å². The molecule has 3 heteroatoms. The number of alkyl halides is 1. The Labute approximate surface area is 119 Å². The number of fused-ring (bicyclic) bond motifs is 1. The van der Waals surface area contributed by atoms with Crippen LogP contribution in [0.2, 0.25) is 0 Å². The molecule has 0 aliphatic rings. The van der Waals surface area contributed by atoms with Crippen LogP contribution in [0.4, 0.5) is 0 Å². The normalized spacial score (nSPS) is 10.8. The summed E-state index contributed by atoms with van der Waals surface area (Å²) >= 11 is 5.65. The molecule has 0 atom stereocenters. The highest BCUT2D eigenvalue weighted by molar-refractivity contribution is 6.17. The Kier molecular flexibility index (Phi) is 4.92. The van der Waals surface area contributed by atoms with E-state index in [0.717, 1.165) is 41.3 Å². The first-order valence-corrected chi connectivity index (χ1v) is 7.17. The van der Waals surface area contributed by atoms with E-state index >= 15 is 0 Å². The molecule has 19 heavy (non-hydrogen) atoms. The second-order valence-corrected chi connectivity index (χ2v) is 5.06. The Bertz CT molecular complexity index is 552. The van der Waals surface area contributed by atoms with Crippen LogP contribution in [-0.4, -0.2) is 17.6 Å². The maximum absolute atomic E-state index is 10.1. The van der Waals surface area contributed by atoms with E-state index in [9.17, 15) is 5.11 Å². The highest BCUT2D eigenvalue weighted by Gasteiger charge is 2.09. The van der Waals surface area contributed by atoms with E-state index in [1.807, 2.05) is 37.3 Å². The van der Waals surface area contributed by atoms with E-state index in [4.69, 9.17) is 16.3 Å². The average molecular weight is 279 g/mol. The lowest BCUT2D eigenvalue weighted by molar-refractivity contribution is 0.309. The van der Waals surface area contributed by atoms with Gasteiger partial charge in [0.1, 0.15) is 11.5 Å². The quantitative estimate of drug-likeness (QED) is 0.616. The molecule has 0 aromatic heterocycles. The molecule has 0 aliphatic heterocycles. The van der Waals surface area contributed by atoms with Gasteiger partial charge in [-0.1, -0.05) is 24.3 Å². The second-order valence-electron chi connectivity index (χ2n) is 4.68. The van der Waals surface area contributed by atoms with Gasteiger partial charge in [0.15, 0.2) is 0 Å². The summed E-state index contributed by atoms with van der Waals surface area (Å²) in [5, 5.41) is 11.9. The van der Waals surface area contributed by atoms with E-state index in [1.54, 1.807) is 0 Å². The average Bonchev–Trinajstić information content (AvgIpc) is 2.44. The summed E-state index contributed by atoms with van der Waals surface area (Å²) in [6.45, 7) is 2.58. The number of halogens is 1. The van der Waals surface area contributed by atoms with Crippen molar-refractivity contribution in [1.82, 2.24) is 0 Å². The van der Waals surface area contributed by atoms with E-state index < -0.39 is 0 Å². The van der Waals surface area contributed by atoms with Gasteiger partial charge in [0.05, 0.1) is 6.61 Å². The Hall–Kier alpha value is -1.41. The predicted octanol–water partition coefficient (Wildman–Crippen LogP) is 4.64. The molecule has 1 N–H and O–H groups in total. The summed E-state index contributed by atoms with van der Waals surface area (Å²) in [5.74, 6) is 1.89. The molecular formula is C16H19ClO2. The molecule has 0 saturated carbocycles. The molecule has 0 radical (unpaired) electrons. The van der Waals surface area contributed by atoms with Crippen molar-refractivity contribution in [3.05, 3.63) is 35.9 Å². The van der Waals surface area contributed by atoms with Crippen LogP contribution in [0, 0.1) is 6.92 Å². The van der Waals surface area contributed by atoms with Crippen molar-refractivity contribution in [3.63, 3.8) is 0 Å². The lowest BCUT2D eigenvalue weighted by Gasteiger charge is -2.12.